The number of sulfonamides is 1. The van der Waals surface area contributed by atoms with Gasteiger partial charge in [-0.3, -0.25) is 4.90 Å². The van der Waals surface area contributed by atoms with Gasteiger partial charge in [-0.25, -0.2) is 17.9 Å². The standard InChI is InChI=1S/C41H46ClN3O5S/c1-2-34-15-9-10-25-44(34)26-28-51(48,49)43-24-22-39-36(23-27-50-35-19-16-32(17-20-35)41(46)47)37-29-33(42)18-21-38(37)45(39)40(30-11-5-3-6-12-30)31-13-7-4-8-14-31/h3-8,11-14,16-21,29,34,40,43H,2,9-10,15,22-28H2,1H3,(H,46,47). The molecule has 0 aliphatic carbocycles. The second-order valence-corrected chi connectivity index (χ2v) is 15.5. The molecule has 1 atom stereocenters. The molecule has 2 heterocycles. The van der Waals surface area contributed by atoms with Crippen LogP contribution in [0.15, 0.2) is 103 Å². The van der Waals surface area contributed by atoms with Crippen LogP contribution in [0.5, 0.6) is 5.75 Å². The van der Waals surface area contributed by atoms with Crippen LogP contribution in [0.25, 0.3) is 10.9 Å². The number of likely N-dealkylation sites (tertiary alicyclic amines) is 1. The van der Waals surface area contributed by atoms with Crippen LogP contribution in [0.4, 0.5) is 0 Å². The molecule has 4 aromatic carbocycles. The van der Waals surface area contributed by atoms with Crippen LogP contribution in [0.1, 0.15) is 71.4 Å². The third-order valence-corrected chi connectivity index (χ3v) is 11.5. The van der Waals surface area contributed by atoms with Crippen molar-refractivity contribution in [2.24, 2.45) is 0 Å². The molecule has 6 rings (SSSR count). The van der Waals surface area contributed by atoms with E-state index >= 15 is 0 Å². The fourth-order valence-electron chi connectivity index (χ4n) is 7.43. The van der Waals surface area contributed by atoms with Gasteiger partial charge in [0.1, 0.15) is 5.75 Å². The van der Waals surface area contributed by atoms with Crippen molar-refractivity contribution in [3.8, 4) is 5.75 Å². The molecule has 0 saturated carbocycles. The first-order chi connectivity index (χ1) is 24.7. The molecule has 2 N–H and O–H groups in total. The van der Waals surface area contributed by atoms with Gasteiger partial charge in [0.15, 0.2) is 0 Å². The van der Waals surface area contributed by atoms with Crippen molar-refractivity contribution in [1.29, 1.82) is 0 Å². The summed E-state index contributed by atoms with van der Waals surface area (Å²) < 4.78 is 38.2. The Labute approximate surface area is 306 Å². The van der Waals surface area contributed by atoms with Gasteiger partial charge in [-0.05, 0) is 85.0 Å². The molecule has 1 unspecified atom stereocenters. The molecule has 1 saturated heterocycles. The van der Waals surface area contributed by atoms with Crippen LogP contribution in [-0.2, 0) is 22.9 Å². The highest BCUT2D eigenvalue weighted by Gasteiger charge is 2.27. The summed E-state index contributed by atoms with van der Waals surface area (Å²) in [6.45, 7) is 4.23. The molecule has 1 aliphatic rings. The number of aromatic carboxylic acids is 1. The lowest BCUT2D eigenvalue weighted by Crippen LogP contribution is -2.43. The van der Waals surface area contributed by atoms with Crippen molar-refractivity contribution in [2.45, 2.75) is 57.5 Å². The second kappa shape index (κ2) is 16.9. The van der Waals surface area contributed by atoms with Crippen molar-refractivity contribution < 1.29 is 23.1 Å². The zero-order valence-corrected chi connectivity index (χ0v) is 30.6. The van der Waals surface area contributed by atoms with Crippen LogP contribution in [0, 0.1) is 0 Å². The summed E-state index contributed by atoms with van der Waals surface area (Å²) in [5.74, 6) is -0.351. The van der Waals surface area contributed by atoms with E-state index in [-0.39, 0.29) is 23.9 Å². The molecule has 0 bridgehead atoms. The highest BCUT2D eigenvalue weighted by atomic mass is 35.5. The number of rotatable bonds is 16. The van der Waals surface area contributed by atoms with E-state index in [9.17, 15) is 18.3 Å². The van der Waals surface area contributed by atoms with Crippen LogP contribution < -0.4 is 9.46 Å². The number of aromatic nitrogens is 1. The molecule has 0 spiro atoms. The minimum Gasteiger partial charge on any atom is -0.493 e. The van der Waals surface area contributed by atoms with E-state index in [2.05, 4.69) is 45.4 Å². The number of carboxylic acids is 1. The number of halogens is 1. The van der Waals surface area contributed by atoms with Crippen molar-refractivity contribution in [3.63, 3.8) is 0 Å². The van der Waals surface area contributed by atoms with Gasteiger partial charge in [0, 0.05) is 53.6 Å². The minimum absolute atomic E-state index is 0.0696. The predicted molar refractivity (Wildman–Crippen MR) is 205 cm³/mol. The summed E-state index contributed by atoms with van der Waals surface area (Å²) in [6.07, 6.45) is 5.45. The molecule has 268 valence electrons. The number of nitrogens with one attached hydrogen (secondary N) is 1. The number of benzene rings is 4. The smallest absolute Gasteiger partial charge is 0.335 e. The van der Waals surface area contributed by atoms with E-state index in [1.54, 1.807) is 12.1 Å². The number of hydrogen-bond donors (Lipinski definition) is 2. The summed E-state index contributed by atoms with van der Waals surface area (Å²) in [5, 5.41) is 10.9. The van der Waals surface area contributed by atoms with Gasteiger partial charge in [0.2, 0.25) is 10.0 Å². The van der Waals surface area contributed by atoms with Crippen LogP contribution in [0.2, 0.25) is 5.02 Å². The molecule has 1 aromatic heterocycles. The lowest BCUT2D eigenvalue weighted by atomic mass is 9.97. The molecule has 0 radical (unpaired) electrons. The number of carboxylic acid groups (broad SMARTS) is 1. The lowest BCUT2D eigenvalue weighted by Gasteiger charge is -2.35. The average Bonchev–Trinajstić information content (AvgIpc) is 3.43. The first-order valence-electron chi connectivity index (χ1n) is 17.8. The van der Waals surface area contributed by atoms with Crippen LogP contribution in [0.3, 0.4) is 0 Å². The Bertz CT molecular complexity index is 1980. The number of nitrogens with zero attached hydrogens (tertiary/aromatic N) is 2. The molecule has 0 amide bonds. The summed E-state index contributed by atoms with van der Waals surface area (Å²) in [7, 11) is -3.52. The second-order valence-electron chi connectivity index (χ2n) is 13.2. The van der Waals surface area contributed by atoms with E-state index in [0.717, 1.165) is 59.1 Å². The SMILES string of the molecule is CCC1CCCCN1CCS(=O)(=O)NCCc1c(CCOc2ccc(C(=O)O)cc2)c2cc(Cl)ccc2n1C(c1ccccc1)c1ccccc1. The predicted octanol–water partition coefficient (Wildman–Crippen LogP) is 7.98. The van der Waals surface area contributed by atoms with Crippen molar-refractivity contribution in [1.82, 2.24) is 14.2 Å². The Morgan fingerprint density at radius 3 is 2.27 bits per heavy atom. The summed E-state index contributed by atoms with van der Waals surface area (Å²) in [4.78, 5) is 13.7. The monoisotopic (exact) mass is 727 g/mol. The van der Waals surface area contributed by atoms with Gasteiger partial charge in [-0.2, -0.15) is 0 Å². The molecular formula is C41H46ClN3O5S. The van der Waals surface area contributed by atoms with Gasteiger partial charge in [0.25, 0.3) is 0 Å². The van der Waals surface area contributed by atoms with Crippen LogP contribution in [-0.4, -0.2) is 67.0 Å². The molecule has 1 fully saturated rings. The number of fused-ring (bicyclic) bond motifs is 1. The summed E-state index contributed by atoms with van der Waals surface area (Å²) >= 11 is 6.64. The third kappa shape index (κ3) is 9.02. The number of hydrogen-bond acceptors (Lipinski definition) is 5. The number of piperidine rings is 1. The fourth-order valence-corrected chi connectivity index (χ4v) is 8.63. The van der Waals surface area contributed by atoms with Crippen LogP contribution >= 0.6 is 11.6 Å². The Morgan fingerprint density at radius 1 is 0.941 bits per heavy atom. The molecule has 5 aromatic rings. The van der Waals surface area contributed by atoms with Crippen molar-refractivity contribution >= 4 is 38.5 Å². The molecule has 8 nitrogen and oxygen atoms in total. The molecular weight excluding hydrogens is 682 g/mol. The Balaban J connectivity index is 1.34. The third-order valence-electron chi connectivity index (χ3n) is 9.94. The largest absolute Gasteiger partial charge is 0.493 e. The maximum absolute atomic E-state index is 13.4. The zero-order valence-electron chi connectivity index (χ0n) is 29.0. The van der Waals surface area contributed by atoms with Gasteiger partial charge in [-0.1, -0.05) is 85.6 Å². The summed E-state index contributed by atoms with van der Waals surface area (Å²) in [6, 6.07) is 33.2. The first-order valence-corrected chi connectivity index (χ1v) is 19.9. The average molecular weight is 728 g/mol. The van der Waals surface area contributed by atoms with Crippen molar-refractivity contribution in [3.05, 3.63) is 136 Å². The van der Waals surface area contributed by atoms with E-state index < -0.39 is 16.0 Å². The maximum atomic E-state index is 13.4. The highest BCUT2D eigenvalue weighted by molar-refractivity contribution is 7.89. The molecule has 10 heteroatoms. The minimum atomic E-state index is -3.52. The zero-order chi connectivity index (χ0) is 35.8. The number of ether oxygens (including phenoxy) is 1. The Morgan fingerprint density at radius 2 is 1.63 bits per heavy atom. The topological polar surface area (TPSA) is 101 Å². The van der Waals surface area contributed by atoms with E-state index in [0.29, 0.717) is 42.8 Å². The highest BCUT2D eigenvalue weighted by Crippen LogP contribution is 2.38. The summed E-state index contributed by atoms with van der Waals surface area (Å²) in [5.41, 5.74) is 5.42. The van der Waals surface area contributed by atoms with E-state index in [4.69, 9.17) is 16.3 Å². The normalized spacial score (nSPS) is 15.4. The lowest BCUT2D eigenvalue weighted by molar-refractivity contribution is 0.0697. The van der Waals surface area contributed by atoms with E-state index in [1.807, 2.05) is 54.6 Å². The van der Waals surface area contributed by atoms with Gasteiger partial charge >= 0.3 is 5.97 Å². The Kier molecular flexibility index (Phi) is 12.1. The molecule has 1 aliphatic heterocycles. The Hall–Kier alpha value is -4.15. The van der Waals surface area contributed by atoms with Crippen molar-refractivity contribution in [2.75, 3.05) is 32.0 Å². The maximum Gasteiger partial charge on any atom is 0.335 e. The van der Waals surface area contributed by atoms with E-state index in [1.165, 1.54) is 18.6 Å². The van der Waals surface area contributed by atoms with Gasteiger partial charge < -0.3 is 14.4 Å². The fraction of sp³-hybridized carbons (Fsp3) is 0.341. The van der Waals surface area contributed by atoms with Gasteiger partial charge in [0.05, 0.1) is 24.0 Å². The number of carbonyl (C=O) groups is 1. The van der Waals surface area contributed by atoms with Gasteiger partial charge in [-0.15, -0.1) is 0 Å². The first kappa shape index (κ1) is 36.6. The molecule has 51 heavy (non-hydrogen) atoms. The quantitative estimate of drug-likeness (QED) is 0.107.